The van der Waals surface area contributed by atoms with Crippen molar-refractivity contribution in [2.24, 2.45) is 17.3 Å². The third kappa shape index (κ3) is 5.59. The lowest BCUT2D eigenvalue weighted by Crippen LogP contribution is -2.46. The van der Waals surface area contributed by atoms with Crippen LogP contribution in [0.15, 0.2) is 6.07 Å². The van der Waals surface area contributed by atoms with Gasteiger partial charge in [-0.3, -0.25) is 4.79 Å². The molecule has 1 saturated carbocycles. The van der Waals surface area contributed by atoms with E-state index in [-0.39, 0.29) is 24.1 Å². The number of aliphatic hydroxyl groups is 2. The van der Waals surface area contributed by atoms with Gasteiger partial charge in [-0.2, -0.15) is 0 Å². The zero-order valence-corrected chi connectivity index (χ0v) is 18.5. The fourth-order valence-corrected chi connectivity index (χ4v) is 4.59. The van der Waals surface area contributed by atoms with Gasteiger partial charge in [-0.05, 0) is 58.9 Å². The fourth-order valence-electron chi connectivity index (χ4n) is 3.45. The standard InChI is InChI=1S/C22H31NO5S/c1-13(2)23(19(26)16-7-6-14(3)10-18(16)25)20-17(21(27)28)11-15(29-20)8-9-22(4,5)12-24/h11,13-14,16,18,24-25H,6-7,10,12H2,1-5H3,(H,27,28)/t14-,16-,18+/m1/s1. The number of hydrogen-bond donors (Lipinski definition) is 3. The Bertz CT molecular complexity index is 817. The molecule has 1 aliphatic rings. The Hall–Kier alpha value is -1.88. The highest BCUT2D eigenvalue weighted by Crippen LogP contribution is 2.37. The summed E-state index contributed by atoms with van der Waals surface area (Å²) in [7, 11) is 0. The Labute approximate surface area is 176 Å². The van der Waals surface area contributed by atoms with E-state index in [0.717, 1.165) is 17.8 Å². The van der Waals surface area contributed by atoms with Gasteiger partial charge in [-0.15, -0.1) is 11.3 Å². The number of carboxylic acid groups (broad SMARTS) is 1. The molecule has 160 valence electrons. The van der Waals surface area contributed by atoms with E-state index in [1.165, 1.54) is 11.0 Å². The number of rotatable bonds is 5. The van der Waals surface area contributed by atoms with E-state index in [4.69, 9.17) is 0 Å². The first kappa shape index (κ1) is 23.4. The topological polar surface area (TPSA) is 98.1 Å². The summed E-state index contributed by atoms with van der Waals surface area (Å²) < 4.78 is 0. The van der Waals surface area contributed by atoms with Crippen molar-refractivity contribution in [2.75, 3.05) is 11.5 Å². The summed E-state index contributed by atoms with van der Waals surface area (Å²) in [6, 6.07) is 1.21. The molecule has 0 saturated heterocycles. The SMILES string of the molecule is CC(C)N(C(=O)[C@@H]1CC[C@@H](C)C[C@@H]1O)c1sc(C#CC(C)(C)CO)cc1C(=O)O. The second-order valence-electron chi connectivity index (χ2n) is 8.82. The highest BCUT2D eigenvalue weighted by molar-refractivity contribution is 7.17. The van der Waals surface area contributed by atoms with Crippen molar-refractivity contribution in [3.05, 3.63) is 16.5 Å². The van der Waals surface area contributed by atoms with Crippen LogP contribution in [-0.2, 0) is 4.79 Å². The molecule has 1 fully saturated rings. The summed E-state index contributed by atoms with van der Waals surface area (Å²) >= 11 is 1.16. The molecular weight excluding hydrogens is 390 g/mol. The van der Waals surface area contributed by atoms with Crippen molar-refractivity contribution in [2.45, 2.75) is 66.0 Å². The average Bonchev–Trinajstić information content (AvgIpc) is 3.04. The predicted octanol–water partition coefficient (Wildman–Crippen LogP) is 3.35. The molecule has 1 aromatic rings. The molecule has 1 amide bonds. The molecule has 0 radical (unpaired) electrons. The number of carbonyl (C=O) groups is 2. The van der Waals surface area contributed by atoms with Gasteiger partial charge in [0.2, 0.25) is 5.91 Å². The lowest BCUT2D eigenvalue weighted by molar-refractivity contribution is -0.128. The van der Waals surface area contributed by atoms with Gasteiger partial charge in [-0.25, -0.2) is 4.79 Å². The summed E-state index contributed by atoms with van der Waals surface area (Å²) in [4.78, 5) is 27.2. The van der Waals surface area contributed by atoms with Crippen LogP contribution in [0.5, 0.6) is 0 Å². The van der Waals surface area contributed by atoms with Gasteiger partial charge < -0.3 is 20.2 Å². The van der Waals surface area contributed by atoms with Crippen molar-refractivity contribution in [1.29, 1.82) is 0 Å². The van der Waals surface area contributed by atoms with E-state index in [0.29, 0.717) is 28.6 Å². The van der Waals surface area contributed by atoms with Crippen LogP contribution in [0, 0.1) is 29.1 Å². The number of carboxylic acids is 1. The first-order valence-electron chi connectivity index (χ1n) is 9.99. The van der Waals surface area contributed by atoms with Crippen LogP contribution >= 0.6 is 11.3 Å². The van der Waals surface area contributed by atoms with Gasteiger partial charge in [0.05, 0.1) is 29.1 Å². The highest BCUT2D eigenvalue weighted by Gasteiger charge is 2.38. The Morgan fingerprint density at radius 3 is 2.52 bits per heavy atom. The van der Waals surface area contributed by atoms with E-state index in [1.807, 2.05) is 13.8 Å². The van der Waals surface area contributed by atoms with Crippen LogP contribution in [-0.4, -0.2) is 45.9 Å². The molecular formula is C22H31NO5S. The molecule has 6 nitrogen and oxygen atoms in total. The van der Waals surface area contributed by atoms with Crippen molar-refractivity contribution in [1.82, 2.24) is 0 Å². The number of amides is 1. The van der Waals surface area contributed by atoms with Crippen LogP contribution in [0.2, 0.25) is 0 Å². The van der Waals surface area contributed by atoms with Gasteiger partial charge in [0.15, 0.2) is 0 Å². The summed E-state index contributed by atoms with van der Waals surface area (Å²) in [5.41, 5.74) is -0.578. The zero-order valence-electron chi connectivity index (χ0n) is 17.7. The van der Waals surface area contributed by atoms with Crippen molar-refractivity contribution >= 4 is 28.2 Å². The molecule has 1 aromatic heterocycles. The number of hydrogen-bond acceptors (Lipinski definition) is 5. The fraction of sp³-hybridized carbons (Fsp3) is 0.636. The quantitative estimate of drug-likeness (QED) is 0.634. The molecule has 1 heterocycles. The highest BCUT2D eigenvalue weighted by atomic mass is 32.1. The first-order valence-corrected chi connectivity index (χ1v) is 10.8. The van der Waals surface area contributed by atoms with E-state index in [2.05, 4.69) is 18.8 Å². The second-order valence-corrected chi connectivity index (χ2v) is 9.85. The summed E-state index contributed by atoms with van der Waals surface area (Å²) in [6.45, 7) is 9.20. The van der Waals surface area contributed by atoms with E-state index in [9.17, 15) is 24.9 Å². The molecule has 0 bridgehead atoms. The number of aromatic carboxylic acids is 1. The zero-order chi connectivity index (χ0) is 21.9. The van der Waals surface area contributed by atoms with Crippen molar-refractivity contribution in [3.8, 4) is 11.8 Å². The number of carbonyl (C=O) groups excluding carboxylic acids is 1. The maximum atomic E-state index is 13.3. The Morgan fingerprint density at radius 1 is 1.34 bits per heavy atom. The molecule has 7 heteroatoms. The van der Waals surface area contributed by atoms with E-state index >= 15 is 0 Å². The molecule has 29 heavy (non-hydrogen) atoms. The number of anilines is 1. The third-order valence-corrected chi connectivity index (χ3v) is 6.28. The predicted molar refractivity (Wildman–Crippen MR) is 114 cm³/mol. The molecule has 1 aliphatic carbocycles. The molecule has 0 aromatic carbocycles. The van der Waals surface area contributed by atoms with Crippen LogP contribution in [0.25, 0.3) is 0 Å². The molecule has 0 spiro atoms. The minimum absolute atomic E-state index is 0.0295. The average molecular weight is 422 g/mol. The smallest absolute Gasteiger partial charge is 0.338 e. The Morgan fingerprint density at radius 2 is 2.00 bits per heavy atom. The molecule has 2 rings (SSSR count). The largest absolute Gasteiger partial charge is 0.478 e. The first-order chi connectivity index (χ1) is 13.5. The van der Waals surface area contributed by atoms with E-state index in [1.54, 1.807) is 13.8 Å². The second kappa shape index (κ2) is 9.29. The monoisotopic (exact) mass is 421 g/mol. The minimum Gasteiger partial charge on any atom is -0.478 e. The number of aliphatic hydroxyl groups excluding tert-OH is 2. The van der Waals surface area contributed by atoms with Crippen LogP contribution < -0.4 is 4.90 Å². The van der Waals surface area contributed by atoms with E-state index < -0.39 is 23.4 Å². The maximum absolute atomic E-state index is 13.3. The van der Waals surface area contributed by atoms with Gasteiger partial charge >= 0.3 is 5.97 Å². The molecule has 3 atom stereocenters. The summed E-state index contributed by atoms with van der Waals surface area (Å²) in [5, 5.41) is 29.9. The Balaban J connectivity index is 2.44. The minimum atomic E-state index is -1.12. The lowest BCUT2D eigenvalue weighted by atomic mass is 9.80. The number of thiophene rings is 1. The van der Waals surface area contributed by atoms with Crippen LogP contribution in [0.3, 0.4) is 0 Å². The summed E-state index contributed by atoms with van der Waals surface area (Å²) in [6.07, 6.45) is 1.31. The van der Waals surface area contributed by atoms with Crippen molar-refractivity contribution < 1.29 is 24.9 Å². The summed E-state index contributed by atoms with van der Waals surface area (Å²) in [5.74, 6) is 4.37. The van der Waals surface area contributed by atoms with Crippen LogP contribution in [0.1, 0.15) is 69.1 Å². The number of nitrogens with zero attached hydrogens (tertiary/aromatic N) is 1. The van der Waals surface area contributed by atoms with Crippen molar-refractivity contribution in [3.63, 3.8) is 0 Å². The molecule has 0 unspecified atom stereocenters. The van der Waals surface area contributed by atoms with Gasteiger partial charge in [-0.1, -0.05) is 18.8 Å². The Kier molecular flexibility index (Phi) is 7.50. The molecule has 0 aliphatic heterocycles. The molecule has 3 N–H and O–H groups in total. The van der Waals surface area contributed by atoms with Crippen LogP contribution in [0.4, 0.5) is 5.00 Å². The van der Waals surface area contributed by atoms with Gasteiger partial charge in [0.1, 0.15) is 5.00 Å². The normalized spacial score (nSPS) is 22.1. The third-order valence-electron chi connectivity index (χ3n) is 5.23. The van der Waals surface area contributed by atoms with Gasteiger partial charge in [0.25, 0.3) is 0 Å². The maximum Gasteiger partial charge on any atom is 0.338 e. The lowest BCUT2D eigenvalue weighted by Gasteiger charge is -2.35. The van der Waals surface area contributed by atoms with Gasteiger partial charge in [0, 0.05) is 11.5 Å².